The summed E-state index contributed by atoms with van der Waals surface area (Å²) in [7, 11) is 0. The van der Waals surface area contributed by atoms with Crippen LogP contribution >= 0.6 is 11.6 Å². The first kappa shape index (κ1) is 12.0. The number of anilines is 2. The van der Waals surface area contributed by atoms with E-state index in [1.807, 2.05) is 12.1 Å². The summed E-state index contributed by atoms with van der Waals surface area (Å²) in [5, 5.41) is 6.56. The first-order valence-electron chi connectivity index (χ1n) is 5.74. The van der Waals surface area contributed by atoms with Crippen molar-refractivity contribution >= 4 is 28.9 Å². The summed E-state index contributed by atoms with van der Waals surface area (Å²) in [6, 6.07) is 5.45. The number of carbonyl (C=O) groups is 1. The lowest BCUT2D eigenvalue weighted by atomic mass is 10.2. The van der Waals surface area contributed by atoms with Gasteiger partial charge in [-0.1, -0.05) is 17.7 Å². The van der Waals surface area contributed by atoms with Gasteiger partial charge in [-0.3, -0.25) is 4.79 Å². The number of hydrogen-bond acceptors (Lipinski definition) is 3. The van der Waals surface area contributed by atoms with E-state index in [4.69, 9.17) is 17.3 Å². The van der Waals surface area contributed by atoms with Crippen LogP contribution in [0.5, 0.6) is 0 Å². The Morgan fingerprint density at radius 2 is 2.18 bits per heavy atom. The number of hydrogen-bond donors (Lipinski definition) is 3. The Hall–Kier alpha value is -1.42. The van der Waals surface area contributed by atoms with E-state index in [0.29, 0.717) is 23.8 Å². The van der Waals surface area contributed by atoms with Crippen LogP contribution in [-0.4, -0.2) is 19.0 Å². The van der Waals surface area contributed by atoms with Crippen molar-refractivity contribution in [3.63, 3.8) is 0 Å². The van der Waals surface area contributed by atoms with E-state index < -0.39 is 0 Å². The third-order valence-corrected chi connectivity index (χ3v) is 3.07. The van der Waals surface area contributed by atoms with Crippen LogP contribution in [0.4, 0.5) is 11.4 Å². The van der Waals surface area contributed by atoms with Gasteiger partial charge in [0.2, 0.25) is 5.91 Å². The molecule has 0 spiro atoms. The van der Waals surface area contributed by atoms with Crippen LogP contribution in [0.25, 0.3) is 0 Å². The number of amides is 1. The molecular formula is C12H16ClN3O. The van der Waals surface area contributed by atoms with Crippen LogP contribution in [-0.2, 0) is 4.79 Å². The number of nitrogens with two attached hydrogens (primary N) is 1. The molecule has 1 aliphatic rings. The minimum atomic E-state index is 0.158. The molecular weight excluding hydrogens is 238 g/mol. The summed E-state index contributed by atoms with van der Waals surface area (Å²) in [6.07, 6.45) is 2.06. The van der Waals surface area contributed by atoms with Gasteiger partial charge in [0.15, 0.2) is 0 Å². The van der Waals surface area contributed by atoms with Crippen LogP contribution < -0.4 is 16.4 Å². The van der Waals surface area contributed by atoms with E-state index >= 15 is 0 Å². The standard InChI is InChI=1S/C12H16ClN3O/c13-9-2-1-3-10(11(9)14)15-6-7-16-12(17)8-4-5-8/h1-3,8,15H,4-7,14H2,(H,16,17). The van der Waals surface area contributed by atoms with Crippen LogP contribution in [0.15, 0.2) is 18.2 Å². The van der Waals surface area contributed by atoms with E-state index in [9.17, 15) is 4.79 Å². The van der Waals surface area contributed by atoms with Gasteiger partial charge in [0.05, 0.1) is 16.4 Å². The van der Waals surface area contributed by atoms with Gasteiger partial charge in [-0.15, -0.1) is 0 Å². The molecule has 17 heavy (non-hydrogen) atoms. The summed E-state index contributed by atoms with van der Waals surface area (Å²) in [5.74, 6) is 0.414. The van der Waals surface area contributed by atoms with Crippen molar-refractivity contribution in [2.75, 3.05) is 24.1 Å². The monoisotopic (exact) mass is 253 g/mol. The first-order valence-corrected chi connectivity index (χ1v) is 6.12. The van der Waals surface area contributed by atoms with E-state index in [0.717, 1.165) is 18.5 Å². The van der Waals surface area contributed by atoms with E-state index in [1.165, 1.54) is 0 Å². The number of para-hydroxylation sites is 1. The Bertz CT molecular complexity index is 418. The van der Waals surface area contributed by atoms with E-state index in [-0.39, 0.29) is 11.8 Å². The Kier molecular flexibility index (Phi) is 3.74. The molecule has 0 atom stereocenters. The van der Waals surface area contributed by atoms with Crippen molar-refractivity contribution in [1.29, 1.82) is 0 Å². The second-order valence-electron chi connectivity index (χ2n) is 4.19. The van der Waals surface area contributed by atoms with E-state index in [2.05, 4.69) is 10.6 Å². The quantitative estimate of drug-likeness (QED) is 0.554. The minimum Gasteiger partial charge on any atom is -0.396 e. The Morgan fingerprint density at radius 1 is 1.41 bits per heavy atom. The van der Waals surface area contributed by atoms with Crippen molar-refractivity contribution in [1.82, 2.24) is 5.32 Å². The van der Waals surface area contributed by atoms with Gasteiger partial charge in [-0.25, -0.2) is 0 Å². The Morgan fingerprint density at radius 3 is 2.88 bits per heavy atom. The number of nitrogens with one attached hydrogen (secondary N) is 2. The maximum absolute atomic E-state index is 11.4. The Labute approximate surface area is 106 Å². The average Bonchev–Trinajstić information content (AvgIpc) is 3.13. The fourth-order valence-corrected chi connectivity index (χ4v) is 1.74. The maximum atomic E-state index is 11.4. The molecule has 0 aromatic heterocycles. The predicted molar refractivity (Wildman–Crippen MR) is 70.1 cm³/mol. The van der Waals surface area contributed by atoms with Crippen molar-refractivity contribution in [2.45, 2.75) is 12.8 Å². The van der Waals surface area contributed by atoms with Crippen LogP contribution in [0.2, 0.25) is 5.02 Å². The largest absolute Gasteiger partial charge is 0.396 e. The molecule has 0 saturated heterocycles. The highest BCUT2D eigenvalue weighted by molar-refractivity contribution is 6.33. The highest BCUT2D eigenvalue weighted by Crippen LogP contribution is 2.28. The fraction of sp³-hybridized carbons (Fsp3) is 0.417. The van der Waals surface area contributed by atoms with Crippen molar-refractivity contribution < 1.29 is 4.79 Å². The molecule has 1 aromatic rings. The highest BCUT2D eigenvalue weighted by atomic mass is 35.5. The summed E-state index contributed by atoms with van der Waals surface area (Å²) >= 11 is 5.89. The first-order chi connectivity index (χ1) is 8.18. The molecule has 0 radical (unpaired) electrons. The zero-order valence-electron chi connectivity index (χ0n) is 9.50. The average molecular weight is 254 g/mol. The molecule has 92 valence electrons. The SMILES string of the molecule is Nc1c(Cl)cccc1NCCNC(=O)C1CC1. The van der Waals surface area contributed by atoms with Gasteiger partial charge in [0, 0.05) is 19.0 Å². The van der Waals surface area contributed by atoms with Crippen molar-refractivity contribution in [3.8, 4) is 0 Å². The second-order valence-corrected chi connectivity index (χ2v) is 4.60. The molecule has 1 aromatic carbocycles. The number of rotatable bonds is 5. The van der Waals surface area contributed by atoms with Crippen molar-refractivity contribution in [2.24, 2.45) is 5.92 Å². The van der Waals surface area contributed by atoms with Gasteiger partial charge in [0.25, 0.3) is 0 Å². The molecule has 4 N–H and O–H groups in total. The molecule has 0 unspecified atom stereocenters. The molecule has 0 aliphatic heterocycles. The molecule has 1 aliphatic carbocycles. The number of halogens is 1. The van der Waals surface area contributed by atoms with Gasteiger partial charge in [0.1, 0.15) is 0 Å². The van der Waals surface area contributed by atoms with Gasteiger partial charge in [-0.2, -0.15) is 0 Å². The number of nitrogen functional groups attached to an aromatic ring is 1. The normalized spacial score (nSPS) is 14.4. The smallest absolute Gasteiger partial charge is 0.223 e. The maximum Gasteiger partial charge on any atom is 0.223 e. The summed E-state index contributed by atoms with van der Waals surface area (Å²) < 4.78 is 0. The fourth-order valence-electron chi connectivity index (χ4n) is 1.56. The highest BCUT2D eigenvalue weighted by Gasteiger charge is 2.28. The predicted octanol–water partition coefficient (Wildman–Crippen LogP) is 1.86. The molecule has 1 saturated carbocycles. The van der Waals surface area contributed by atoms with Gasteiger partial charge in [-0.05, 0) is 25.0 Å². The number of benzene rings is 1. The summed E-state index contributed by atoms with van der Waals surface area (Å²) in [6.45, 7) is 1.24. The van der Waals surface area contributed by atoms with Crippen molar-refractivity contribution in [3.05, 3.63) is 23.2 Å². The molecule has 0 heterocycles. The zero-order chi connectivity index (χ0) is 12.3. The molecule has 5 heteroatoms. The van der Waals surface area contributed by atoms with Crippen LogP contribution in [0.3, 0.4) is 0 Å². The molecule has 1 amide bonds. The van der Waals surface area contributed by atoms with E-state index in [1.54, 1.807) is 6.07 Å². The second kappa shape index (κ2) is 5.27. The number of carbonyl (C=O) groups excluding carboxylic acids is 1. The molecule has 2 rings (SSSR count). The van der Waals surface area contributed by atoms with Gasteiger partial charge >= 0.3 is 0 Å². The lowest BCUT2D eigenvalue weighted by Gasteiger charge is -2.10. The lowest BCUT2D eigenvalue weighted by Crippen LogP contribution is -2.29. The minimum absolute atomic E-state index is 0.158. The third-order valence-electron chi connectivity index (χ3n) is 2.74. The van der Waals surface area contributed by atoms with Gasteiger partial charge < -0.3 is 16.4 Å². The third kappa shape index (κ3) is 3.27. The molecule has 4 nitrogen and oxygen atoms in total. The van der Waals surface area contributed by atoms with Crippen LogP contribution in [0, 0.1) is 5.92 Å². The zero-order valence-corrected chi connectivity index (χ0v) is 10.3. The Balaban J connectivity index is 1.74. The lowest BCUT2D eigenvalue weighted by molar-refractivity contribution is -0.122. The van der Waals surface area contributed by atoms with Crippen LogP contribution in [0.1, 0.15) is 12.8 Å². The molecule has 1 fully saturated rings. The molecule has 0 bridgehead atoms. The topological polar surface area (TPSA) is 67.2 Å². The summed E-state index contributed by atoms with van der Waals surface area (Å²) in [5.41, 5.74) is 7.15. The summed E-state index contributed by atoms with van der Waals surface area (Å²) in [4.78, 5) is 11.4.